The van der Waals surface area contributed by atoms with Crippen LogP contribution < -0.4 is 9.47 Å². The Morgan fingerprint density at radius 2 is 1.17 bits per heavy atom. The molecule has 0 atom stereocenters. The van der Waals surface area contributed by atoms with Gasteiger partial charge in [0.25, 0.3) is 0 Å². The minimum Gasteiger partial charge on any atom is -0.469 e. The van der Waals surface area contributed by atoms with Gasteiger partial charge in [0.1, 0.15) is 17.6 Å². The van der Waals surface area contributed by atoms with Crippen LogP contribution >= 0.6 is 0 Å². The molecule has 0 radical (unpaired) electrons. The number of hydrogen-bond acceptors (Lipinski definition) is 9. The molecule has 0 N–H and O–H groups in total. The van der Waals surface area contributed by atoms with Crippen LogP contribution in [-0.4, -0.2) is 42.9 Å². The lowest BCUT2D eigenvalue weighted by molar-refractivity contribution is -0.150. The SMILES string of the molecule is C=C(CC(=O)OC)C(=O)Oc1ccc(C(=O)/C=C/c2ccc(-c3ccc(OC(=O)C(=C)CC(=O)OC4CCCCC4)cc3)cc2)cc1. The molecule has 0 bridgehead atoms. The molecule has 9 nitrogen and oxygen atoms in total. The molecular formula is C38H36O9. The van der Waals surface area contributed by atoms with Gasteiger partial charge < -0.3 is 18.9 Å². The highest BCUT2D eigenvalue weighted by Gasteiger charge is 2.21. The van der Waals surface area contributed by atoms with Crippen molar-refractivity contribution >= 4 is 35.7 Å². The summed E-state index contributed by atoms with van der Waals surface area (Å²) in [6.07, 6.45) is 7.51. The molecule has 4 rings (SSSR count). The number of allylic oxidation sites excluding steroid dienone is 1. The number of benzene rings is 3. The zero-order valence-corrected chi connectivity index (χ0v) is 26.2. The van der Waals surface area contributed by atoms with Crippen molar-refractivity contribution in [3.63, 3.8) is 0 Å². The fourth-order valence-corrected chi connectivity index (χ4v) is 4.79. The molecule has 0 aromatic heterocycles. The van der Waals surface area contributed by atoms with Gasteiger partial charge in [-0.05, 0) is 84.8 Å². The van der Waals surface area contributed by atoms with E-state index < -0.39 is 23.9 Å². The highest BCUT2D eigenvalue weighted by atomic mass is 16.6. The minimum absolute atomic E-state index is 0.0372. The van der Waals surface area contributed by atoms with Crippen molar-refractivity contribution < 1.29 is 42.9 Å². The first-order valence-corrected chi connectivity index (χ1v) is 15.2. The van der Waals surface area contributed by atoms with Crippen LogP contribution in [0.3, 0.4) is 0 Å². The van der Waals surface area contributed by atoms with E-state index in [1.54, 1.807) is 18.2 Å². The Balaban J connectivity index is 1.25. The van der Waals surface area contributed by atoms with E-state index in [0.29, 0.717) is 11.3 Å². The van der Waals surface area contributed by atoms with Crippen molar-refractivity contribution in [2.75, 3.05) is 7.11 Å². The maximum atomic E-state index is 12.7. The van der Waals surface area contributed by atoms with Crippen molar-refractivity contribution in [3.05, 3.63) is 114 Å². The van der Waals surface area contributed by atoms with E-state index in [1.165, 1.54) is 37.5 Å². The lowest BCUT2D eigenvalue weighted by atomic mass is 9.98. The molecule has 0 spiro atoms. The van der Waals surface area contributed by atoms with E-state index in [9.17, 15) is 24.0 Å². The summed E-state index contributed by atoms with van der Waals surface area (Å²) in [7, 11) is 1.21. The average molecular weight is 637 g/mol. The second kappa shape index (κ2) is 16.7. The van der Waals surface area contributed by atoms with Gasteiger partial charge in [-0.1, -0.05) is 62.1 Å². The van der Waals surface area contributed by atoms with Crippen LogP contribution in [0.4, 0.5) is 0 Å². The minimum atomic E-state index is -0.761. The van der Waals surface area contributed by atoms with Gasteiger partial charge in [-0.3, -0.25) is 14.4 Å². The van der Waals surface area contributed by atoms with Crippen molar-refractivity contribution in [2.24, 2.45) is 0 Å². The highest BCUT2D eigenvalue weighted by Crippen LogP contribution is 2.25. The fraction of sp³-hybridized carbons (Fsp3) is 0.237. The second-order valence-corrected chi connectivity index (χ2v) is 11.0. The number of ether oxygens (including phenoxy) is 4. The smallest absolute Gasteiger partial charge is 0.339 e. The van der Waals surface area contributed by atoms with Gasteiger partial charge in [-0.2, -0.15) is 0 Å². The lowest BCUT2D eigenvalue weighted by Gasteiger charge is -2.21. The first-order valence-electron chi connectivity index (χ1n) is 15.2. The van der Waals surface area contributed by atoms with Crippen LogP contribution in [0.5, 0.6) is 11.5 Å². The normalized spacial score (nSPS) is 13.0. The number of esters is 4. The first kappa shape index (κ1) is 34.3. The Morgan fingerprint density at radius 1 is 0.681 bits per heavy atom. The Bertz CT molecular complexity index is 1660. The van der Waals surface area contributed by atoms with Crippen LogP contribution in [0.1, 0.15) is 60.9 Å². The van der Waals surface area contributed by atoms with Crippen molar-refractivity contribution in [1.29, 1.82) is 0 Å². The van der Waals surface area contributed by atoms with E-state index in [1.807, 2.05) is 36.4 Å². The number of rotatable bonds is 13. The summed E-state index contributed by atoms with van der Waals surface area (Å²) in [6, 6.07) is 20.5. The van der Waals surface area contributed by atoms with Crippen LogP contribution in [-0.2, 0) is 28.7 Å². The standard InChI is InChI=1S/C38H36O9/c1-25(23-35(40)44-3)37(42)47-33-20-16-30(17-21-33)34(39)22-11-27-9-12-28(13-10-27)29-14-18-32(19-15-29)46-38(43)26(2)24-36(41)45-31-7-5-4-6-8-31/h9-22,31H,1-2,4-8,23-24H2,3H3/b22-11+. The van der Waals surface area contributed by atoms with Crippen LogP contribution in [0.25, 0.3) is 17.2 Å². The monoisotopic (exact) mass is 636 g/mol. The van der Waals surface area contributed by atoms with Gasteiger partial charge in [-0.15, -0.1) is 0 Å². The third-order valence-corrected chi connectivity index (χ3v) is 7.46. The Labute approximate surface area is 273 Å². The summed E-state index contributed by atoms with van der Waals surface area (Å²) in [5.74, 6) is -2.21. The third kappa shape index (κ3) is 10.5. The first-order chi connectivity index (χ1) is 22.6. The molecule has 1 aliphatic carbocycles. The number of carbonyl (C=O) groups excluding carboxylic acids is 5. The molecule has 0 heterocycles. The highest BCUT2D eigenvalue weighted by molar-refractivity contribution is 6.07. The van der Waals surface area contributed by atoms with Gasteiger partial charge in [0.2, 0.25) is 0 Å². The van der Waals surface area contributed by atoms with Crippen LogP contribution in [0.2, 0.25) is 0 Å². The van der Waals surface area contributed by atoms with E-state index >= 15 is 0 Å². The Hall–Kier alpha value is -5.57. The van der Waals surface area contributed by atoms with Crippen molar-refractivity contribution in [3.8, 4) is 22.6 Å². The average Bonchev–Trinajstić information content (AvgIpc) is 3.08. The molecule has 3 aromatic carbocycles. The molecule has 1 aliphatic rings. The summed E-state index contributed by atoms with van der Waals surface area (Å²) in [6.45, 7) is 7.22. The molecule has 9 heteroatoms. The molecule has 47 heavy (non-hydrogen) atoms. The van der Waals surface area contributed by atoms with Gasteiger partial charge in [0, 0.05) is 16.7 Å². The summed E-state index contributed by atoms with van der Waals surface area (Å²) in [5, 5.41) is 0. The summed E-state index contributed by atoms with van der Waals surface area (Å²) >= 11 is 0. The lowest BCUT2D eigenvalue weighted by Crippen LogP contribution is -2.22. The molecule has 1 fully saturated rings. The fourth-order valence-electron chi connectivity index (χ4n) is 4.79. The van der Waals surface area contributed by atoms with Gasteiger partial charge in [0.15, 0.2) is 5.78 Å². The molecule has 1 saturated carbocycles. The molecule has 242 valence electrons. The van der Waals surface area contributed by atoms with Gasteiger partial charge in [-0.25, -0.2) is 9.59 Å². The summed E-state index contributed by atoms with van der Waals surface area (Å²) in [5.41, 5.74) is 3.01. The summed E-state index contributed by atoms with van der Waals surface area (Å²) in [4.78, 5) is 60.7. The van der Waals surface area contributed by atoms with Gasteiger partial charge in [0.05, 0.1) is 20.0 Å². The van der Waals surface area contributed by atoms with Crippen LogP contribution in [0.15, 0.2) is 103 Å². The van der Waals surface area contributed by atoms with Gasteiger partial charge >= 0.3 is 23.9 Å². The number of carbonyl (C=O) groups is 5. The molecule has 0 unspecified atom stereocenters. The van der Waals surface area contributed by atoms with E-state index in [-0.39, 0.29) is 41.6 Å². The molecular weight excluding hydrogens is 600 g/mol. The second-order valence-electron chi connectivity index (χ2n) is 11.0. The van der Waals surface area contributed by atoms with Crippen molar-refractivity contribution in [1.82, 2.24) is 0 Å². The number of methoxy groups -OCH3 is 1. The van der Waals surface area contributed by atoms with E-state index in [4.69, 9.17) is 14.2 Å². The van der Waals surface area contributed by atoms with Crippen molar-refractivity contribution in [2.45, 2.75) is 51.0 Å². The van der Waals surface area contributed by atoms with E-state index in [2.05, 4.69) is 17.9 Å². The largest absolute Gasteiger partial charge is 0.469 e. The van der Waals surface area contributed by atoms with E-state index in [0.717, 1.165) is 48.8 Å². The predicted molar refractivity (Wildman–Crippen MR) is 175 cm³/mol. The van der Waals surface area contributed by atoms with Crippen LogP contribution in [0, 0.1) is 0 Å². The number of hydrogen-bond donors (Lipinski definition) is 0. The third-order valence-electron chi connectivity index (χ3n) is 7.46. The zero-order valence-electron chi connectivity index (χ0n) is 26.2. The zero-order chi connectivity index (χ0) is 33.8. The topological polar surface area (TPSA) is 122 Å². The molecule has 3 aromatic rings. The maximum absolute atomic E-state index is 12.7. The summed E-state index contributed by atoms with van der Waals surface area (Å²) < 4.78 is 20.5. The molecule has 0 aliphatic heterocycles. The Morgan fingerprint density at radius 3 is 1.70 bits per heavy atom. The maximum Gasteiger partial charge on any atom is 0.339 e. The Kier molecular flexibility index (Phi) is 12.2. The molecule has 0 saturated heterocycles. The predicted octanol–water partition coefficient (Wildman–Crippen LogP) is 7.00. The quantitative estimate of drug-likeness (QED) is 0.0844. The number of ketones is 1. The molecule has 0 amide bonds.